The van der Waals surface area contributed by atoms with Crippen molar-refractivity contribution in [1.82, 2.24) is 9.88 Å². The van der Waals surface area contributed by atoms with Crippen molar-refractivity contribution >= 4 is 29.5 Å². The Labute approximate surface area is 167 Å². The van der Waals surface area contributed by atoms with Crippen molar-refractivity contribution < 1.29 is 13.6 Å². The summed E-state index contributed by atoms with van der Waals surface area (Å²) in [5.41, 5.74) is 7.71. The second-order valence-electron chi connectivity index (χ2n) is 6.66. The lowest BCUT2D eigenvalue weighted by Gasteiger charge is -2.34. The summed E-state index contributed by atoms with van der Waals surface area (Å²) < 4.78 is 27.0. The Hall–Kier alpha value is -3.39. The maximum atomic E-state index is 14.1. The van der Waals surface area contributed by atoms with E-state index in [0.29, 0.717) is 30.9 Å². The van der Waals surface area contributed by atoms with Crippen molar-refractivity contribution in [3.63, 3.8) is 0 Å². The van der Waals surface area contributed by atoms with Gasteiger partial charge in [-0.3, -0.25) is 14.7 Å². The topological polar surface area (TPSA) is 95.1 Å². The largest absolute Gasteiger partial charge is 0.404 e. The predicted octanol–water partition coefficient (Wildman–Crippen LogP) is 2.98. The first kappa shape index (κ1) is 20.3. The zero-order valence-electron chi connectivity index (χ0n) is 15.6. The van der Waals surface area contributed by atoms with Crippen LogP contribution in [0.25, 0.3) is 11.6 Å². The van der Waals surface area contributed by atoms with Gasteiger partial charge in [0.2, 0.25) is 5.91 Å². The third-order valence-electron chi connectivity index (χ3n) is 4.51. The summed E-state index contributed by atoms with van der Waals surface area (Å²) in [4.78, 5) is 18.0. The first-order chi connectivity index (χ1) is 14.0. The molecule has 2 aromatic rings. The highest BCUT2D eigenvalue weighted by molar-refractivity contribution is 6.10. The number of halogens is 2. The van der Waals surface area contributed by atoms with E-state index in [2.05, 4.69) is 10.3 Å². The summed E-state index contributed by atoms with van der Waals surface area (Å²) in [6, 6.07) is 7.30. The van der Waals surface area contributed by atoms with E-state index in [0.717, 1.165) is 24.2 Å². The van der Waals surface area contributed by atoms with Crippen molar-refractivity contribution in [3.05, 3.63) is 71.4 Å². The number of carbonyl (C=O) groups is 1. The molecule has 150 valence electrons. The Balaban J connectivity index is 1.64. The Morgan fingerprint density at radius 3 is 2.66 bits per heavy atom. The molecular formula is C21H21F2N5O. The molecule has 1 amide bonds. The number of likely N-dealkylation sites (tertiary alicyclic amines) is 1. The Kier molecular flexibility index (Phi) is 6.46. The number of hydrogen-bond donors (Lipinski definition) is 3. The van der Waals surface area contributed by atoms with Gasteiger partial charge in [0.05, 0.1) is 6.20 Å². The molecule has 4 N–H and O–H groups in total. The van der Waals surface area contributed by atoms with Gasteiger partial charge >= 0.3 is 0 Å². The summed E-state index contributed by atoms with van der Waals surface area (Å²) in [6.07, 6.45) is 6.41. The Morgan fingerprint density at radius 2 is 2.03 bits per heavy atom. The summed E-state index contributed by atoms with van der Waals surface area (Å²) in [5.74, 6) is -1.03. The molecule has 1 aliphatic rings. The minimum Gasteiger partial charge on any atom is -0.404 e. The van der Waals surface area contributed by atoms with E-state index < -0.39 is 17.9 Å². The first-order valence-corrected chi connectivity index (χ1v) is 9.01. The van der Waals surface area contributed by atoms with Crippen LogP contribution >= 0.6 is 0 Å². The number of amides is 1. The Morgan fingerprint density at radius 1 is 1.31 bits per heavy atom. The molecular weight excluding hydrogens is 376 g/mol. The van der Waals surface area contributed by atoms with Gasteiger partial charge in [-0.05, 0) is 23.8 Å². The zero-order valence-corrected chi connectivity index (χ0v) is 15.6. The van der Waals surface area contributed by atoms with Gasteiger partial charge < -0.3 is 16.5 Å². The summed E-state index contributed by atoms with van der Waals surface area (Å²) in [5, 5.41) is 10.1. The number of anilines is 1. The molecule has 1 aliphatic heterocycles. The fraction of sp³-hybridized carbons (Fsp3) is 0.190. The molecule has 8 heteroatoms. The molecule has 0 bridgehead atoms. The second-order valence-corrected chi connectivity index (χ2v) is 6.66. The van der Waals surface area contributed by atoms with E-state index in [1.807, 2.05) is 17.0 Å². The highest BCUT2D eigenvalue weighted by Gasteiger charge is 2.25. The van der Waals surface area contributed by atoms with Crippen LogP contribution in [0.1, 0.15) is 16.7 Å². The molecule has 3 rings (SSSR count). The van der Waals surface area contributed by atoms with Crippen molar-refractivity contribution in [3.8, 4) is 0 Å². The average Bonchev–Trinajstić information content (AvgIpc) is 2.69. The number of pyridine rings is 1. The molecule has 0 aliphatic carbocycles. The summed E-state index contributed by atoms with van der Waals surface area (Å²) in [7, 11) is 0. The fourth-order valence-corrected chi connectivity index (χ4v) is 3.02. The van der Waals surface area contributed by atoms with Gasteiger partial charge in [-0.1, -0.05) is 12.1 Å². The maximum Gasteiger partial charge on any atom is 0.248 e. The van der Waals surface area contributed by atoms with Crippen LogP contribution in [0.15, 0.2) is 48.9 Å². The predicted molar refractivity (Wildman–Crippen MR) is 109 cm³/mol. The summed E-state index contributed by atoms with van der Waals surface area (Å²) in [6.45, 7) is 1.59. The highest BCUT2D eigenvalue weighted by atomic mass is 19.1. The van der Waals surface area contributed by atoms with Crippen LogP contribution in [-0.2, 0) is 11.3 Å². The minimum atomic E-state index is -0.732. The van der Waals surface area contributed by atoms with E-state index in [1.54, 1.807) is 12.1 Å². The Bertz CT molecular complexity index is 950. The lowest BCUT2D eigenvalue weighted by Crippen LogP contribution is -2.47. The third kappa shape index (κ3) is 5.11. The van der Waals surface area contributed by atoms with E-state index >= 15 is 0 Å². The van der Waals surface area contributed by atoms with Crippen molar-refractivity contribution in [2.24, 2.45) is 5.73 Å². The van der Waals surface area contributed by atoms with Crippen LogP contribution < -0.4 is 11.1 Å². The fourth-order valence-electron chi connectivity index (χ4n) is 3.02. The third-order valence-corrected chi connectivity index (χ3v) is 4.51. The first-order valence-electron chi connectivity index (χ1n) is 9.01. The monoisotopic (exact) mass is 397 g/mol. The van der Waals surface area contributed by atoms with Crippen molar-refractivity contribution in [2.45, 2.75) is 12.7 Å². The quantitative estimate of drug-likeness (QED) is 0.494. The number of rotatable bonds is 7. The van der Waals surface area contributed by atoms with Crippen LogP contribution in [0.4, 0.5) is 14.5 Å². The normalized spacial score (nSPS) is 15.3. The van der Waals surface area contributed by atoms with Gasteiger partial charge in [0.1, 0.15) is 12.0 Å². The maximum absolute atomic E-state index is 14.1. The van der Waals surface area contributed by atoms with Crippen LogP contribution in [-0.4, -0.2) is 41.3 Å². The molecule has 0 atom stereocenters. The molecule has 1 saturated heterocycles. The number of carbonyl (C=O) groups excluding carboxylic acids is 1. The van der Waals surface area contributed by atoms with E-state index in [1.165, 1.54) is 18.3 Å². The number of aromatic nitrogens is 1. The van der Waals surface area contributed by atoms with Gasteiger partial charge in [0.25, 0.3) is 0 Å². The number of nitrogens with two attached hydrogens (primary N) is 1. The van der Waals surface area contributed by atoms with Crippen LogP contribution in [0.5, 0.6) is 0 Å². The molecule has 2 heterocycles. The number of allylic oxidation sites excluding steroid dienone is 1. The molecule has 0 radical (unpaired) electrons. The highest BCUT2D eigenvalue weighted by Crippen LogP contribution is 2.21. The van der Waals surface area contributed by atoms with Gasteiger partial charge in [-0.15, -0.1) is 0 Å². The number of alkyl halides is 1. The lowest BCUT2D eigenvalue weighted by atomic mass is 10.0. The number of nitrogens with one attached hydrogen (secondary N) is 2. The van der Waals surface area contributed by atoms with Gasteiger partial charge in [-0.25, -0.2) is 8.78 Å². The number of hydrogen-bond acceptors (Lipinski definition) is 5. The minimum absolute atomic E-state index is 0.104. The van der Waals surface area contributed by atoms with Crippen molar-refractivity contribution in [2.75, 3.05) is 18.4 Å². The van der Waals surface area contributed by atoms with Crippen LogP contribution in [0, 0.1) is 11.2 Å². The van der Waals surface area contributed by atoms with E-state index in [-0.39, 0.29) is 11.1 Å². The molecule has 0 unspecified atom stereocenters. The smallest absolute Gasteiger partial charge is 0.248 e. The zero-order chi connectivity index (χ0) is 20.8. The van der Waals surface area contributed by atoms with Crippen LogP contribution in [0.3, 0.4) is 0 Å². The van der Waals surface area contributed by atoms with Gasteiger partial charge in [0, 0.05) is 66.7 Å². The number of nitrogens with zero attached hydrogens (tertiary/aromatic N) is 2. The average molecular weight is 397 g/mol. The van der Waals surface area contributed by atoms with E-state index in [4.69, 9.17) is 11.1 Å². The molecule has 1 aromatic heterocycles. The SMILES string of the molecule is N=C/C(=C\N)c1c(F)cncc1/C=C/C(=O)Nc1ccc(CN2CC(F)C2)cc1. The van der Waals surface area contributed by atoms with Crippen LogP contribution in [0.2, 0.25) is 0 Å². The van der Waals surface area contributed by atoms with Gasteiger partial charge in [-0.2, -0.15) is 0 Å². The molecule has 6 nitrogen and oxygen atoms in total. The molecule has 0 spiro atoms. The molecule has 1 fully saturated rings. The molecule has 0 saturated carbocycles. The molecule has 29 heavy (non-hydrogen) atoms. The lowest BCUT2D eigenvalue weighted by molar-refractivity contribution is -0.111. The molecule has 1 aromatic carbocycles. The second kappa shape index (κ2) is 9.20. The van der Waals surface area contributed by atoms with Crippen molar-refractivity contribution in [1.29, 1.82) is 5.41 Å². The van der Waals surface area contributed by atoms with Gasteiger partial charge in [0.15, 0.2) is 0 Å². The summed E-state index contributed by atoms with van der Waals surface area (Å²) >= 11 is 0. The number of benzene rings is 1. The standard InChI is InChI=1S/C21H21F2N5O/c22-17-12-28(13-17)11-14-1-4-18(5-2-14)27-20(29)6-3-15-9-26-10-19(23)21(15)16(7-24)8-25/h1-10,17,24H,11-13,25H2,(H,27,29)/b6-3+,16-8+,24-7?. The van der Waals surface area contributed by atoms with E-state index in [9.17, 15) is 13.6 Å².